The van der Waals surface area contributed by atoms with Gasteiger partial charge in [-0.25, -0.2) is 0 Å². The second-order valence-corrected chi connectivity index (χ2v) is 6.53. The van der Waals surface area contributed by atoms with Gasteiger partial charge in [0.15, 0.2) is 0 Å². The van der Waals surface area contributed by atoms with Gasteiger partial charge in [-0.3, -0.25) is 9.69 Å². The molecule has 0 bridgehead atoms. The Kier molecular flexibility index (Phi) is 4.74. The zero-order valence-electron chi connectivity index (χ0n) is 12.9. The molecule has 116 valence electrons. The largest absolute Gasteiger partial charge is 0.356 e. The molecule has 4 heteroatoms. The van der Waals surface area contributed by atoms with Gasteiger partial charge in [0.1, 0.15) is 0 Å². The minimum Gasteiger partial charge on any atom is -0.356 e. The zero-order valence-corrected chi connectivity index (χ0v) is 12.9. The van der Waals surface area contributed by atoms with Crippen LogP contribution in [0, 0.1) is 23.2 Å². The van der Waals surface area contributed by atoms with Crippen molar-refractivity contribution in [1.82, 2.24) is 10.2 Å². The molecule has 1 saturated carbocycles. The average molecular weight is 297 g/mol. The van der Waals surface area contributed by atoms with E-state index in [0.29, 0.717) is 0 Å². The summed E-state index contributed by atoms with van der Waals surface area (Å²) in [5, 5.41) is 12.3. The molecule has 1 atom stereocenters. The fourth-order valence-electron chi connectivity index (χ4n) is 3.13. The van der Waals surface area contributed by atoms with Crippen LogP contribution in [0.2, 0.25) is 0 Å². The maximum absolute atomic E-state index is 12.3. The molecule has 1 heterocycles. The molecule has 4 nitrogen and oxygen atoms in total. The van der Waals surface area contributed by atoms with Crippen LogP contribution < -0.4 is 5.32 Å². The van der Waals surface area contributed by atoms with E-state index in [9.17, 15) is 10.1 Å². The van der Waals surface area contributed by atoms with Crippen molar-refractivity contribution < 1.29 is 4.79 Å². The molecular weight excluding hydrogens is 274 g/mol. The van der Waals surface area contributed by atoms with Crippen LogP contribution in [-0.2, 0) is 11.3 Å². The Morgan fingerprint density at radius 3 is 2.91 bits per heavy atom. The number of carbonyl (C=O) groups is 1. The van der Waals surface area contributed by atoms with Crippen molar-refractivity contribution in [3.05, 3.63) is 35.4 Å². The van der Waals surface area contributed by atoms with E-state index < -0.39 is 0 Å². The molecule has 0 aromatic heterocycles. The predicted octanol–water partition coefficient (Wildman–Crippen LogP) is 2.30. The summed E-state index contributed by atoms with van der Waals surface area (Å²) in [4.78, 5) is 14.6. The number of likely N-dealkylation sites (tertiary alicyclic amines) is 1. The lowest BCUT2D eigenvalue weighted by atomic mass is 9.96. The van der Waals surface area contributed by atoms with E-state index >= 15 is 0 Å². The van der Waals surface area contributed by atoms with Gasteiger partial charge in [0.05, 0.1) is 17.6 Å². The second kappa shape index (κ2) is 6.93. The Labute approximate surface area is 132 Å². The summed E-state index contributed by atoms with van der Waals surface area (Å²) in [6.45, 7) is 3.42. The predicted molar refractivity (Wildman–Crippen MR) is 84.9 cm³/mol. The van der Waals surface area contributed by atoms with E-state index in [1.807, 2.05) is 24.3 Å². The summed E-state index contributed by atoms with van der Waals surface area (Å²) in [7, 11) is 0. The van der Waals surface area contributed by atoms with Crippen LogP contribution in [0.3, 0.4) is 0 Å². The Morgan fingerprint density at radius 1 is 1.32 bits per heavy atom. The van der Waals surface area contributed by atoms with Gasteiger partial charge in [0.25, 0.3) is 0 Å². The molecule has 1 aromatic rings. The number of amides is 1. The molecule has 1 aliphatic carbocycles. The van der Waals surface area contributed by atoms with Gasteiger partial charge in [0.2, 0.25) is 5.91 Å². The van der Waals surface area contributed by atoms with E-state index in [4.69, 9.17) is 0 Å². The van der Waals surface area contributed by atoms with E-state index in [1.165, 1.54) is 12.8 Å². The number of piperidine rings is 1. The fourth-order valence-corrected chi connectivity index (χ4v) is 3.13. The molecule has 0 radical (unpaired) electrons. The van der Waals surface area contributed by atoms with Gasteiger partial charge in [-0.05, 0) is 49.8 Å². The third kappa shape index (κ3) is 3.86. The molecule has 1 N–H and O–H groups in total. The van der Waals surface area contributed by atoms with Crippen LogP contribution in [0.15, 0.2) is 24.3 Å². The Morgan fingerprint density at radius 2 is 2.14 bits per heavy atom. The Hall–Kier alpha value is -1.86. The Bertz CT molecular complexity index is 574. The molecular formula is C18H23N3O. The maximum atomic E-state index is 12.3. The van der Waals surface area contributed by atoms with Gasteiger partial charge in [-0.2, -0.15) is 5.26 Å². The molecule has 2 aliphatic rings. The number of hydrogen-bond acceptors (Lipinski definition) is 3. The minimum absolute atomic E-state index is 0.0988. The van der Waals surface area contributed by atoms with Crippen molar-refractivity contribution in [3.63, 3.8) is 0 Å². The smallest absolute Gasteiger partial charge is 0.224 e. The lowest BCUT2D eigenvalue weighted by molar-refractivity contribution is -0.126. The highest BCUT2D eigenvalue weighted by molar-refractivity contribution is 5.79. The molecule has 1 unspecified atom stereocenters. The van der Waals surface area contributed by atoms with E-state index in [-0.39, 0.29) is 11.8 Å². The number of benzene rings is 1. The van der Waals surface area contributed by atoms with Crippen LogP contribution in [0.5, 0.6) is 0 Å². The third-order valence-corrected chi connectivity index (χ3v) is 4.67. The molecule has 1 aromatic carbocycles. The van der Waals surface area contributed by atoms with Crippen molar-refractivity contribution in [2.45, 2.75) is 32.2 Å². The number of rotatable bonds is 5. The van der Waals surface area contributed by atoms with Gasteiger partial charge >= 0.3 is 0 Å². The van der Waals surface area contributed by atoms with E-state index in [2.05, 4.69) is 16.3 Å². The highest BCUT2D eigenvalue weighted by Crippen LogP contribution is 2.28. The summed E-state index contributed by atoms with van der Waals surface area (Å²) in [6.07, 6.45) is 4.56. The normalized spacial score (nSPS) is 22.0. The number of carbonyl (C=O) groups excluding carboxylic acids is 1. The summed E-state index contributed by atoms with van der Waals surface area (Å²) in [6, 6.07) is 9.99. The van der Waals surface area contributed by atoms with Crippen molar-refractivity contribution in [1.29, 1.82) is 5.26 Å². The quantitative estimate of drug-likeness (QED) is 0.907. The lowest BCUT2D eigenvalue weighted by Crippen LogP contribution is -2.43. The van der Waals surface area contributed by atoms with Crippen LogP contribution in [0.4, 0.5) is 0 Å². The molecule has 3 rings (SSSR count). The SMILES string of the molecule is N#Cc1ccccc1CN1CCCC(C(=O)NCC2CC2)C1. The first-order valence-electron chi connectivity index (χ1n) is 8.24. The fraction of sp³-hybridized carbons (Fsp3) is 0.556. The standard InChI is InChI=1S/C18H23N3O/c19-10-15-4-1-2-5-16(15)12-21-9-3-6-17(13-21)18(22)20-11-14-7-8-14/h1-2,4-5,14,17H,3,6-9,11-13H2,(H,20,22). The number of nitriles is 1. The van der Waals surface area contributed by atoms with E-state index in [0.717, 1.165) is 56.1 Å². The molecule has 1 saturated heterocycles. The topological polar surface area (TPSA) is 56.1 Å². The number of nitrogens with one attached hydrogen (secondary N) is 1. The summed E-state index contributed by atoms with van der Waals surface area (Å²) in [5.74, 6) is 1.04. The van der Waals surface area contributed by atoms with E-state index in [1.54, 1.807) is 0 Å². The molecule has 22 heavy (non-hydrogen) atoms. The Balaban J connectivity index is 1.55. The van der Waals surface area contributed by atoms with Crippen LogP contribution >= 0.6 is 0 Å². The minimum atomic E-state index is 0.0988. The first-order valence-corrected chi connectivity index (χ1v) is 8.24. The summed E-state index contributed by atoms with van der Waals surface area (Å²) in [5.41, 5.74) is 1.80. The maximum Gasteiger partial charge on any atom is 0.224 e. The van der Waals surface area contributed by atoms with Crippen LogP contribution in [0.25, 0.3) is 0 Å². The van der Waals surface area contributed by atoms with Gasteiger partial charge in [-0.15, -0.1) is 0 Å². The second-order valence-electron chi connectivity index (χ2n) is 6.53. The van der Waals surface area contributed by atoms with Gasteiger partial charge in [-0.1, -0.05) is 18.2 Å². The van der Waals surface area contributed by atoms with Crippen molar-refractivity contribution in [2.75, 3.05) is 19.6 Å². The first-order chi connectivity index (χ1) is 10.8. The van der Waals surface area contributed by atoms with Crippen molar-refractivity contribution >= 4 is 5.91 Å². The van der Waals surface area contributed by atoms with Gasteiger partial charge < -0.3 is 5.32 Å². The van der Waals surface area contributed by atoms with Crippen molar-refractivity contribution in [3.8, 4) is 6.07 Å². The van der Waals surface area contributed by atoms with Crippen LogP contribution in [0.1, 0.15) is 36.8 Å². The van der Waals surface area contributed by atoms with Gasteiger partial charge in [0, 0.05) is 19.6 Å². The summed E-state index contributed by atoms with van der Waals surface area (Å²) >= 11 is 0. The monoisotopic (exact) mass is 297 g/mol. The number of hydrogen-bond donors (Lipinski definition) is 1. The molecule has 0 spiro atoms. The van der Waals surface area contributed by atoms with Crippen molar-refractivity contribution in [2.24, 2.45) is 11.8 Å². The lowest BCUT2D eigenvalue weighted by Gasteiger charge is -2.32. The third-order valence-electron chi connectivity index (χ3n) is 4.67. The molecule has 1 aliphatic heterocycles. The zero-order chi connectivity index (χ0) is 15.4. The molecule has 1 amide bonds. The van der Waals surface area contributed by atoms with Crippen LogP contribution in [-0.4, -0.2) is 30.4 Å². The average Bonchev–Trinajstić information content (AvgIpc) is 3.38. The summed E-state index contributed by atoms with van der Waals surface area (Å²) < 4.78 is 0. The first kappa shape index (κ1) is 15.1. The highest BCUT2D eigenvalue weighted by Gasteiger charge is 2.28. The highest BCUT2D eigenvalue weighted by atomic mass is 16.1. The molecule has 2 fully saturated rings. The number of nitrogens with zero attached hydrogens (tertiary/aromatic N) is 2.